The average molecular weight is 414 g/mol. The Morgan fingerprint density at radius 2 is 2.11 bits per heavy atom. The number of nitrogens with one attached hydrogen (secondary N) is 1. The van der Waals surface area contributed by atoms with Crippen molar-refractivity contribution in [2.24, 2.45) is 0 Å². The molecular formula is C20H16ClN3O3S. The number of benzene rings is 1. The molecule has 1 amide bonds. The van der Waals surface area contributed by atoms with Crippen molar-refractivity contribution in [3.05, 3.63) is 76.2 Å². The summed E-state index contributed by atoms with van der Waals surface area (Å²) < 4.78 is 7.11. The maximum absolute atomic E-state index is 12.8. The van der Waals surface area contributed by atoms with Gasteiger partial charge in [0, 0.05) is 9.90 Å². The van der Waals surface area contributed by atoms with Gasteiger partial charge in [0.2, 0.25) is 5.91 Å². The number of furan rings is 1. The molecular weight excluding hydrogens is 398 g/mol. The van der Waals surface area contributed by atoms with E-state index in [0.29, 0.717) is 21.0 Å². The Kier molecular flexibility index (Phi) is 5.02. The molecule has 0 aliphatic heterocycles. The van der Waals surface area contributed by atoms with Crippen LogP contribution in [0.5, 0.6) is 0 Å². The quantitative estimate of drug-likeness (QED) is 0.530. The smallest absolute Gasteiger partial charge is 0.271 e. The van der Waals surface area contributed by atoms with Gasteiger partial charge in [0.1, 0.15) is 17.0 Å². The molecule has 0 spiro atoms. The second-order valence-corrected chi connectivity index (χ2v) is 7.80. The Balaban J connectivity index is 1.56. The first kappa shape index (κ1) is 18.5. The number of fused-ring (bicyclic) bond motifs is 1. The summed E-state index contributed by atoms with van der Waals surface area (Å²) in [6.45, 7) is 1.71. The fourth-order valence-corrected chi connectivity index (χ4v) is 4.06. The van der Waals surface area contributed by atoms with Gasteiger partial charge in [0.15, 0.2) is 0 Å². The van der Waals surface area contributed by atoms with Crippen LogP contribution in [0.4, 0.5) is 0 Å². The number of halogens is 1. The molecule has 142 valence electrons. The van der Waals surface area contributed by atoms with Crippen LogP contribution in [0.2, 0.25) is 5.02 Å². The van der Waals surface area contributed by atoms with E-state index in [1.54, 1.807) is 30.5 Å². The molecule has 1 atom stereocenters. The van der Waals surface area contributed by atoms with Crippen LogP contribution in [-0.2, 0) is 11.3 Å². The van der Waals surface area contributed by atoms with Gasteiger partial charge in [0.05, 0.1) is 24.1 Å². The van der Waals surface area contributed by atoms with E-state index in [4.69, 9.17) is 16.0 Å². The molecule has 0 aliphatic rings. The Morgan fingerprint density at radius 3 is 2.82 bits per heavy atom. The molecule has 1 N–H and O–H groups in total. The maximum Gasteiger partial charge on any atom is 0.271 e. The molecule has 4 aromatic rings. The van der Waals surface area contributed by atoms with Crippen LogP contribution in [0.25, 0.3) is 20.7 Å². The number of hydrogen-bond donors (Lipinski definition) is 1. The lowest BCUT2D eigenvalue weighted by Gasteiger charge is -2.12. The van der Waals surface area contributed by atoms with Crippen molar-refractivity contribution < 1.29 is 9.21 Å². The van der Waals surface area contributed by atoms with E-state index < -0.39 is 0 Å². The van der Waals surface area contributed by atoms with Crippen molar-refractivity contribution in [1.82, 2.24) is 14.9 Å². The number of carbonyl (C=O) groups is 1. The van der Waals surface area contributed by atoms with Crippen LogP contribution >= 0.6 is 22.9 Å². The molecule has 4 rings (SSSR count). The second-order valence-electron chi connectivity index (χ2n) is 6.31. The van der Waals surface area contributed by atoms with Gasteiger partial charge >= 0.3 is 0 Å². The first-order valence-electron chi connectivity index (χ1n) is 8.59. The van der Waals surface area contributed by atoms with Gasteiger partial charge in [-0.2, -0.15) is 0 Å². The number of carbonyl (C=O) groups excluding carboxylic acids is 1. The second kappa shape index (κ2) is 7.61. The van der Waals surface area contributed by atoms with Crippen molar-refractivity contribution in [2.75, 3.05) is 0 Å². The predicted octanol–water partition coefficient (Wildman–Crippen LogP) is 4.25. The normalized spacial score (nSPS) is 12.2. The summed E-state index contributed by atoms with van der Waals surface area (Å²) >= 11 is 7.29. The van der Waals surface area contributed by atoms with Crippen LogP contribution in [-0.4, -0.2) is 15.5 Å². The summed E-state index contributed by atoms with van der Waals surface area (Å²) in [4.78, 5) is 30.4. The van der Waals surface area contributed by atoms with E-state index >= 15 is 0 Å². The molecule has 1 aromatic carbocycles. The number of hydrogen-bond acceptors (Lipinski definition) is 5. The third-order valence-corrected chi connectivity index (χ3v) is 5.71. The fourth-order valence-electron chi connectivity index (χ4n) is 2.86. The van der Waals surface area contributed by atoms with E-state index in [0.717, 1.165) is 10.4 Å². The highest BCUT2D eigenvalue weighted by Gasteiger charge is 2.15. The minimum Gasteiger partial charge on any atom is -0.467 e. The molecule has 8 heteroatoms. The van der Waals surface area contributed by atoms with Crippen molar-refractivity contribution >= 4 is 39.1 Å². The third kappa shape index (κ3) is 3.72. The highest BCUT2D eigenvalue weighted by Crippen LogP contribution is 2.31. The molecule has 0 radical (unpaired) electrons. The summed E-state index contributed by atoms with van der Waals surface area (Å²) in [6.07, 6.45) is 2.95. The molecule has 3 aromatic heterocycles. The Hall–Kier alpha value is -2.90. The Labute approximate surface area is 169 Å². The SMILES string of the molecule is CC(NC(=O)Cn1cnc2cc(-c3ccc(Cl)cc3)sc2c1=O)c1ccco1. The van der Waals surface area contributed by atoms with E-state index in [1.807, 2.05) is 25.1 Å². The molecule has 0 saturated carbocycles. The molecule has 0 saturated heterocycles. The Bertz CT molecular complexity index is 1180. The van der Waals surface area contributed by atoms with E-state index in [1.165, 1.54) is 22.2 Å². The topological polar surface area (TPSA) is 77.1 Å². The minimum absolute atomic E-state index is 0.110. The van der Waals surface area contributed by atoms with E-state index in [-0.39, 0.29) is 24.1 Å². The largest absolute Gasteiger partial charge is 0.467 e. The molecule has 28 heavy (non-hydrogen) atoms. The Morgan fingerprint density at radius 1 is 1.32 bits per heavy atom. The van der Waals surface area contributed by atoms with Gasteiger partial charge in [0.25, 0.3) is 5.56 Å². The van der Waals surface area contributed by atoms with E-state index in [9.17, 15) is 9.59 Å². The molecule has 1 unspecified atom stereocenters. The third-order valence-electron chi connectivity index (χ3n) is 4.29. The van der Waals surface area contributed by atoms with Gasteiger partial charge in [-0.05, 0) is 42.8 Å². The van der Waals surface area contributed by atoms with Crippen LogP contribution in [0, 0.1) is 0 Å². The molecule has 3 heterocycles. The van der Waals surface area contributed by atoms with Crippen molar-refractivity contribution in [1.29, 1.82) is 0 Å². The highest BCUT2D eigenvalue weighted by molar-refractivity contribution is 7.22. The summed E-state index contributed by atoms with van der Waals surface area (Å²) in [5.41, 5.74) is 1.33. The molecule has 0 aliphatic carbocycles. The van der Waals surface area contributed by atoms with Crippen LogP contribution in [0.3, 0.4) is 0 Å². The lowest BCUT2D eigenvalue weighted by atomic mass is 10.2. The zero-order chi connectivity index (χ0) is 19.7. The van der Waals surface area contributed by atoms with Gasteiger partial charge in [-0.15, -0.1) is 11.3 Å². The first-order chi connectivity index (χ1) is 13.5. The molecule has 0 bridgehead atoms. The monoisotopic (exact) mass is 413 g/mol. The molecule has 6 nitrogen and oxygen atoms in total. The highest BCUT2D eigenvalue weighted by atomic mass is 35.5. The number of thiophene rings is 1. The zero-order valence-corrected chi connectivity index (χ0v) is 16.5. The van der Waals surface area contributed by atoms with Gasteiger partial charge < -0.3 is 9.73 Å². The fraction of sp³-hybridized carbons (Fsp3) is 0.150. The first-order valence-corrected chi connectivity index (χ1v) is 9.78. The number of nitrogens with zero attached hydrogens (tertiary/aromatic N) is 2. The summed E-state index contributed by atoms with van der Waals surface area (Å²) in [6, 6.07) is 12.5. The standard InChI is InChI=1S/C20H16ClN3O3S/c1-12(16-3-2-8-27-16)23-18(25)10-24-11-22-15-9-17(28-19(15)20(24)26)13-4-6-14(21)7-5-13/h2-9,11-12H,10H2,1H3,(H,23,25). The van der Waals surface area contributed by atoms with E-state index in [2.05, 4.69) is 10.3 Å². The average Bonchev–Trinajstić information content (AvgIpc) is 3.35. The van der Waals surface area contributed by atoms with Crippen molar-refractivity contribution in [3.8, 4) is 10.4 Å². The number of rotatable bonds is 5. The van der Waals surface area contributed by atoms with Gasteiger partial charge in [-0.3, -0.25) is 14.2 Å². The lowest BCUT2D eigenvalue weighted by molar-refractivity contribution is -0.122. The van der Waals surface area contributed by atoms with Gasteiger partial charge in [-0.1, -0.05) is 23.7 Å². The van der Waals surface area contributed by atoms with Crippen molar-refractivity contribution in [3.63, 3.8) is 0 Å². The summed E-state index contributed by atoms with van der Waals surface area (Å²) in [5.74, 6) is 0.363. The van der Waals surface area contributed by atoms with Crippen LogP contribution < -0.4 is 10.9 Å². The lowest BCUT2D eigenvalue weighted by Crippen LogP contribution is -2.33. The van der Waals surface area contributed by atoms with Crippen molar-refractivity contribution in [2.45, 2.75) is 19.5 Å². The predicted molar refractivity (Wildman–Crippen MR) is 110 cm³/mol. The van der Waals surface area contributed by atoms with Crippen LogP contribution in [0.1, 0.15) is 18.7 Å². The van der Waals surface area contributed by atoms with Gasteiger partial charge in [-0.25, -0.2) is 4.98 Å². The molecule has 0 fully saturated rings. The number of aromatic nitrogens is 2. The minimum atomic E-state index is -0.290. The zero-order valence-electron chi connectivity index (χ0n) is 14.9. The van der Waals surface area contributed by atoms with Crippen LogP contribution in [0.15, 0.2) is 64.3 Å². The maximum atomic E-state index is 12.8. The number of amides is 1. The summed E-state index contributed by atoms with van der Waals surface area (Å²) in [7, 11) is 0. The summed E-state index contributed by atoms with van der Waals surface area (Å²) in [5, 5.41) is 3.47.